The average Bonchev–Trinajstić information content (AvgIpc) is 3.38. The molecule has 3 unspecified atom stereocenters. The number of carbonyl (C=O) groups excluding carboxylic acids is 10. The molecule has 0 aromatic heterocycles. The van der Waals surface area contributed by atoms with Crippen molar-refractivity contribution >= 4 is 58.6 Å². The fourth-order valence-electron chi connectivity index (χ4n) is 9.38. The van der Waals surface area contributed by atoms with Gasteiger partial charge < -0.3 is 70.8 Å². The highest BCUT2D eigenvalue weighted by Crippen LogP contribution is 2.21. The largest absolute Gasteiger partial charge is 0.393 e. The van der Waals surface area contributed by atoms with Gasteiger partial charge in [-0.15, -0.1) is 0 Å². The lowest BCUT2D eigenvalue weighted by atomic mass is 9.88. The van der Waals surface area contributed by atoms with Crippen molar-refractivity contribution in [3.05, 3.63) is 35.9 Å². The van der Waals surface area contributed by atoms with Crippen LogP contribution in [0.1, 0.15) is 136 Å². The Balaban J connectivity index is 2.71. The number of amides is 6. The number of hydrogen-bond donors (Lipinski definition) is 13. The first-order chi connectivity index (χ1) is 37.0. The van der Waals surface area contributed by atoms with E-state index in [4.69, 9.17) is 28.7 Å². The van der Waals surface area contributed by atoms with E-state index in [1.807, 2.05) is 20.8 Å². The van der Waals surface area contributed by atoms with Gasteiger partial charge in [0.15, 0.2) is 17.3 Å². The lowest BCUT2D eigenvalue weighted by Crippen LogP contribution is -2.57. The summed E-state index contributed by atoms with van der Waals surface area (Å²) in [7, 11) is 0. The van der Waals surface area contributed by atoms with Crippen LogP contribution in [0.15, 0.2) is 30.3 Å². The molecule has 2 rings (SSSR count). The van der Waals surface area contributed by atoms with E-state index < -0.39 is 156 Å². The van der Waals surface area contributed by atoms with Crippen molar-refractivity contribution in [1.82, 2.24) is 31.9 Å². The molecule has 1 saturated heterocycles. The van der Waals surface area contributed by atoms with Crippen LogP contribution in [0.3, 0.4) is 0 Å². The molecule has 1 heterocycles. The van der Waals surface area contributed by atoms with Crippen molar-refractivity contribution < 1.29 is 58.2 Å². The first kappa shape index (κ1) is 68.5. The summed E-state index contributed by atoms with van der Waals surface area (Å²) in [5.41, 5.74) is 30.5. The second-order valence-corrected chi connectivity index (χ2v) is 21.2. The molecular formula is C55H93N11O12. The molecule has 1 aliphatic rings. The lowest BCUT2D eigenvalue weighted by Gasteiger charge is -2.28. The number of aliphatic hydroxyl groups is 2. The molecule has 0 aliphatic carbocycles. The first-order valence-electron chi connectivity index (χ1n) is 27.9. The van der Waals surface area contributed by atoms with Gasteiger partial charge in [0.05, 0.1) is 48.2 Å². The molecule has 0 saturated carbocycles. The van der Waals surface area contributed by atoms with E-state index in [2.05, 4.69) is 31.9 Å². The van der Waals surface area contributed by atoms with E-state index in [1.54, 1.807) is 30.3 Å². The van der Waals surface area contributed by atoms with E-state index in [9.17, 15) is 58.2 Å². The Labute approximate surface area is 460 Å². The number of rotatable bonds is 27. The first-order valence-corrected chi connectivity index (χ1v) is 27.9. The van der Waals surface area contributed by atoms with Crippen molar-refractivity contribution in [2.24, 2.45) is 58.3 Å². The van der Waals surface area contributed by atoms with Gasteiger partial charge in [-0.25, -0.2) is 0 Å². The second kappa shape index (κ2) is 36.6. The zero-order valence-corrected chi connectivity index (χ0v) is 46.6. The number of unbranched alkanes of at least 4 members (excludes halogenated alkanes) is 3. The molecule has 0 bridgehead atoms. The Morgan fingerprint density at radius 2 is 1.21 bits per heavy atom. The van der Waals surface area contributed by atoms with Gasteiger partial charge >= 0.3 is 0 Å². The standard InChI is InChI=1S/C55H93N11O12/c1-6-7-8-12-15-40(60)46(69)30-39(34(5)68)53(76)63-42(17-22-57)47(70)28-36-20-25-61-52(75)38(33(4)67)31-49(72)43(18-23-58)64-54(77)44(19-24-59)65-55(78)45(26-32(2)3)66-51(74)37(27-35-13-10-9-11-14-35)29-48(71)41(16-21-56)62-50(36)73/h9-11,13-14,32-34,36-45,67-68H,6-8,12,15-31,56-60H2,1-5H3,(H,61,75)(H,62,73)(H,63,76)(H,64,77)(H,65,78)(H,66,74)/t33?,34?,36-,37+,38+,39+,40?,41+,42+,43+,44+,45+/m1/s1. The van der Waals surface area contributed by atoms with Crippen LogP contribution in [0.5, 0.6) is 0 Å². The third-order valence-electron chi connectivity index (χ3n) is 14.1. The molecule has 6 amide bonds. The number of Topliss-reactive ketones (excluding diaryl/α,β-unsaturated/α-hetero) is 4. The molecule has 18 N–H and O–H groups in total. The van der Waals surface area contributed by atoms with Gasteiger partial charge in [0.1, 0.15) is 17.9 Å². The van der Waals surface area contributed by atoms with Crippen LogP contribution in [-0.2, 0) is 54.4 Å². The van der Waals surface area contributed by atoms with Gasteiger partial charge in [0.2, 0.25) is 35.4 Å². The van der Waals surface area contributed by atoms with Gasteiger partial charge in [-0.3, -0.25) is 47.9 Å². The zero-order chi connectivity index (χ0) is 58.5. The number of nitrogens with two attached hydrogens (primary N) is 5. The Morgan fingerprint density at radius 1 is 0.654 bits per heavy atom. The topological polar surface area (TPSA) is 413 Å². The Hall–Kier alpha value is -5.56. The van der Waals surface area contributed by atoms with Gasteiger partial charge in [-0.1, -0.05) is 76.8 Å². The van der Waals surface area contributed by atoms with E-state index in [-0.39, 0.29) is 83.6 Å². The van der Waals surface area contributed by atoms with Crippen molar-refractivity contribution in [2.75, 3.05) is 32.7 Å². The maximum atomic E-state index is 14.5. The molecule has 0 spiro atoms. The molecule has 1 aliphatic heterocycles. The van der Waals surface area contributed by atoms with Gasteiger partial charge in [-0.2, -0.15) is 0 Å². The van der Waals surface area contributed by atoms with Crippen molar-refractivity contribution in [3.63, 3.8) is 0 Å². The quantitative estimate of drug-likeness (QED) is 0.0469. The summed E-state index contributed by atoms with van der Waals surface area (Å²) in [5, 5.41) is 37.6. The number of benzene rings is 1. The third kappa shape index (κ3) is 24.2. The molecular weight excluding hydrogens is 1010 g/mol. The predicted octanol–water partition coefficient (Wildman–Crippen LogP) is -1.02. The highest BCUT2D eigenvalue weighted by Gasteiger charge is 2.37. The second-order valence-electron chi connectivity index (χ2n) is 21.2. The monoisotopic (exact) mass is 1100 g/mol. The normalized spacial score (nSPS) is 23.9. The van der Waals surface area contributed by atoms with Crippen LogP contribution in [0.2, 0.25) is 0 Å². The summed E-state index contributed by atoms with van der Waals surface area (Å²) in [6, 6.07) is 1.55. The SMILES string of the molecule is CCCCCCC(N)C(=O)C[C@H](C(=O)N[C@@H](CCN)C(=O)C[C@H]1CCNC(=O)[C@H](C(C)O)CC(=O)[C@H](CCN)NC(=O)[C@H](CCN)NC(=O)[C@H](CC(C)C)NC(=O)[C@@H](Cc2ccccc2)CC(=O)[C@H](CCN)NC1=O)C(C)O. The van der Waals surface area contributed by atoms with E-state index in [0.717, 1.165) is 19.3 Å². The molecule has 1 fully saturated rings. The van der Waals surface area contributed by atoms with Crippen molar-refractivity contribution in [2.45, 2.75) is 186 Å². The maximum Gasteiger partial charge on any atom is 0.243 e. The molecule has 12 atom stereocenters. The summed E-state index contributed by atoms with van der Waals surface area (Å²) in [6.45, 7) is 7.65. The van der Waals surface area contributed by atoms with Crippen LogP contribution in [-0.4, -0.2) is 150 Å². The molecule has 1 aromatic carbocycles. The number of ketones is 4. The molecule has 440 valence electrons. The number of hydrogen-bond acceptors (Lipinski definition) is 17. The van der Waals surface area contributed by atoms with Crippen molar-refractivity contribution in [1.29, 1.82) is 0 Å². The lowest BCUT2D eigenvalue weighted by molar-refractivity contribution is -0.137. The van der Waals surface area contributed by atoms with E-state index >= 15 is 0 Å². The van der Waals surface area contributed by atoms with Crippen LogP contribution in [0.4, 0.5) is 0 Å². The Kier molecular flexibility index (Phi) is 32.1. The summed E-state index contributed by atoms with van der Waals surface area (Å²) in [5.74, 6) is -12.3. The van der Waals surface area contributed by atoms with Crippen LogP contribution >= 0.6 is 0 Å². The summed E-state index contributed by atoms with van der Waals surface area (Å²) in [6.07, 6.45) is -1.30. The number of carbonyl (C=O) groups is 10. The minimum atomic E-state index is -1.41. The van der Waals surface area contributed by atoms with Crippen LogP contribution < -0.4 is 60.6 Å². The Bertz CT molecular complexity index is 2090. The third-order valence-corrected chi connectivity index (χ3v) is 14.1. The fraction of sp³-hybridized carbons (Fsp3) is 0.709. The van der Waals surface area contributed by atoms with Gasteiger partial charge in [0, 0.05) is 44.1 Å². The summed E-state index contributed by atoms with van der Waals surface area (Å²) in [4.78, 5) is 140. The van der Waals surface area contributed by atoms with Gasteiger partial charge in [0.25, 0.3) is 0 Å². The minimum absolute atomic E-state index is 0.0287. The van der Waals surface area contributed by atoms with Crippen LogP contribution in [0, 0.1) is 29.6 Å². The summed E-state index contributed by atoms with van der Waals surface area (Å²) >= 11 is 0. The smallest absolute Gasteiger partial charge is 0.243 e. The van der Waals surface area contributed by atoms with E-state index in [0.29, 0.717) is 18.4 Å². The Morgan fingerprint density at radius 3 is 1.77 bits per heavy atom. The minimum Gasteiger partial charge on any atom is -0.393 e. The molecule has 0 radical (unpaired) electrons. The molecule has 23 nitrogen and oxygen atoms in total. The number of aliphatic hydroxyl groups excluding tert-OH is 2. The summed E-state index contributed by atoms with van der Waals surface area (Å²) < 4.78 is 0. The highest BCUT2D eigenvalue weighted by molar-refractivity contribution is 5.98. The number of nitrogens with one attached hydrogen (secondary N) is 6. The molecule has 1 aromatic rings. The van der Waals surface area contributed by atoms with Crippen molar-refractivity contribution in [3.8, 4) is 0 Å². The van der Waals surface area contributed by atoms with E-state index in [1.165, 1.54) is 13.8 Å². The van der Waals surface area contributed by atoms with Crippen LogP contribution in [0.25, 0.3) is 0 Å². The zero-order valence-electron chi connectivity index (χ0n) is 46.6. The predicted molar refractivity (Wildman–Crippen MR) is 294 cm³/mol. The maximum absolute atomic E-state index is 14.5. The molecule has 78 heavy (non-hydrogen) atoms. The molecule has 23 heteroatoms. The highest BCUT2D eigenvalue weighted by atomic mass is 16.3. The fourth-order valence-corrected chi connectivity index (χ4v) is 9.38. The average molecular weight is 1100 g/mol. The van der Waals surface area contributed by atoms with Gasteiger partial charge in [-0.05, 0) is 103 Å².